The van der Waals surface area contributed by atoms with Gasteiger partial charge in [0, 0.05) is 12.6 Å². The molecule has 0 bridgehead atoms. The van der Waals surface area contributed by atoms with E-state index in [0.717, 1.165) is 12.8 Å². The zero-order valence-corrected chi connectivity index (χ0v) is 12.6. The zero-order valence-electron chi connectivity index (χ0n) is 11.7. The van der Waals surface area contributed by atoms with Gasteiger partial charge in [0.25, 0.3) is 0 Å². The minimum Gasteiger partial charge on any atom is -0.324 e. The van der Waals surface area contributed by atoms with Crippen molar-refractivity contribution in [2.24, 2.45) is 5.73 Å². The zero-order chi connectivity index (χ0) is 14.8. The fourth-order valence-corrected chi connectivity index (χ4v) is 2.38. The molecule has 0 saturated heterocycles. The van der Waals surface area contributed by atoms with Gasteiger partial charge in [0.15, 0.2) is 0 Å². The van der Waals surface area contributed by atoms with Crippen LogP contribution in [0.25, 0.3) is 0 Å². The van der Waals surface area contributed by atoms with E-state index in [1.165, 1.54) is 25.1 Å². The molecule has 4 N–H and O–H groups in total. The Labute approximate surface area is 128 Å². The van der Waals surface area contributed by atoms with Crippen LogP contribution in [-0.2, 0) is 9.59 Å². The number of nitrogens with two attached hydrogens (primary N) is 1. The maximum Gasteiger partial charge on any atom is 0.244 e. The van der Waals surface area contributed by atoms with Crippen LogP contribution in [0, 0.1) is 5.82 Å². The Balaban J connectivity index is 0.00000220. The highest BCUT2D eigenvalue weighted by Gasteiger charge is 2.36. The van der Waals surface area contributed by atoms with Crippen LogP contribution in [-0.4, -0.2) is 17.4 Å². The summed E-state index contributed by atoms with van der Waals surface area (Å²) in [6.45, 7) is 1.29. The fourth-order valence-electron chi connectivity index (χ4n) is 2.38. The SMILES string of the molecule is CC(=O)Nc1cc(NC(=O)C2(N)CCCC2)ccc1F.Cl. The van der Waals surface area contributed by atoms with E-state index in [-0.39, 0.29) is 29.9 Å². The van der Waals surface area contributed by atoms with Gasteiger partial charge in [0.05, 0.1) is 11.2 Å². The van der Waals surface area contributed by atoms with E-state index in [1.807, 2.05) is 0 Å². The quantitative estimate of drug-likeness (QED) is 0.801. The van der Waals surface area contributed by atoms with Gasteiger partial charge in [-0.15, -0.1) is 12.4 Å². The van der Waals surface area contributed by atoms with Crippen molar-refractivity contribution in [3.05, 3.63) is 24.0 Å². The second-order valence-corrected chi connectivity index (χ2v) is 5.19. The highest BCUT2D eigenvalue weighted by molar-refractivity contribution is 5.99. The summed E-state index contributed by atoms with van der Waals surface area (Å²) in [5.41, 5.74) is 5.65. The number of hydrogen-bond acceptors (Lipinski definition) is 3. The second-order valence-electron chi connectivity index (χ2n) is 5.19. The van der Waals surface area contributed by atoms with Crippen molar-refractivity contribution < 1.29 is 14.0 Å². The van der Waals surface area contributed by atoms with E-state index in [0.29, 0.717) is 18.5 Å². The van der Waals surface area contributed by atoms with Crippen LogP contribution >= 0.6 is 12.4 Å². The van der Waals surface area contributed by atoms with Crippen LogP contribution in [0.15, 0.2) is 18.2 Å². The molecule has 2 amide bonds. The molecule has 1 aliphatic carbocycles. The molecule has 21 heavy (non-hydrogen) atoms. The number of carbonyl (C=O) groups excluding carboxylic acids is 2. The molecule has 116 valence electrons. The first-order valence-corrected chi connectivity index (χ1v) is 6.58. The van der Waals surface area contributed by atoms with Crippen LogP contribution in [0.3, 0.4) is 0 Å². The largest absolute Gasteiger partial charge is 0.324 e. The lowest BCUT2D eigenvalue weighted by atomic mass is 9.98. The molecular weight excluding hydrogens is 297 g/mol. The van der Waals surface area contributed by atoms with E-state index in [2.05, 4.69) is 10.6 Å². The van der Waals surface area contributed by atoms with Crippen molar-refractivity contribution in [3.63, 3.8) is 0 Å². The van der Waals surface area contributed by atoms with Gasteiger partial charge in [-0.1, -0.05) is 12.8 Å². The summed E-state index contributed by atoms with van der Waals surface area (Å²) < 4.78 is 13.5. The predicted molar refractivity (Wildman–Crippen MR) is 82.0 cm³/mol. The van der Waals surface area contributed by atoms with Gasteiger partial charge in [-0.2, -0.15) is 0 Å². The Morgan fingerprint density at radius 2 is 1.86 bits per heavy atom. The van der Waals surface area contributed by atoms with Crippen molar-refractivity contribution in [3.8, 4) is 0 Å². The number of nitrogens with one attached hydrogen (secondary N) is 2. The Hall–Kier alpha value is -1.66. The monoisotopic (exact) mass is 315 g/mol. The Morgan fingerprint density at radius 1 is 1.24 bits per heavy atom. The lowest BCUT2D eigenvalue weighted by Crippen LogP contribution is -2.48. The van der Waals surface area contributed by atoms with Gasteiger partial charge >= 0.3 is 0 Å². The maximum atomic E-state index is 13.5. The number of rotatable bonds is 3. The fraction of sp³-hybridized carbons (Fsp3) is 0.429. The summed E-state index contributed by atoms with van der Waals surface area (Å²) in [5, 5.41) is 5.05. The number of amides is 2. The molecule has 0 spiro atoms. The number of hydrogen-bond donors (Lipinski definition) is 3. The highest BCUT2D eigenvalue weighted by atomic mass is 35.5. The van der Waals surface area contributed by atoms with E-state index >= 15 is 0 Å². The summed E-state index contributed by atoms with van der Waals surface area (Å²) >= 11 is 0. The Bertz CT molecular complexity index is 545. The predicted octanol–water partition coefficient (Wildman–Crippen LogP) is 2.42. The minimum atomic E-state index is -0.845. The summed E-state index contributed by atoms with van der Waals surface area (Å²) in [5.74, 6) is -1.20. The molecule has 0 radical (unpaired) electrons. The van der Waals surface area contributed by atoms with Gasteiger partial charge in [-0.05, 0) is 31.0 Å². The molecule has 1 aromatic rings. The molecule has 0 heterocycles. The smallest absolute Gasteiger partial charge is 0.244 e. The summed E-state index contributed by atoms with van der Waals surface area (Å²) in [7, 11) is 0. The van der Waals surface area contributed by atoms with E-state index < -0.39 is 11.4 Å². The normalized spacial score (nSPS) is 16.0. The lowest BCUT2D eigenvalue weighted by Gasteiger charge is -2.22. The van der Waals surface area contributed by atoms with Crippen LogP contribution in [0.5, 0.6) is 0 Å². The van der Waals surface area contributed by atoms with Crippen molar-refractivity contribution in [2.75, 3.05) is 10.6 Å². The third kappa shape index (κ3) is 4.15. The molecule has 1 saturated carbocycles. The first-order valence-electron chi connectivity index (χ1n) is 6.58. The molecular formula is C14H19ClFN3O2. The molecule has 1 aliphatic rings. The van der Waals surface area contributed by atoms with Gasteiger partial charge < -0.3 is 16.4 Å². The van der Waals surface area contributed by atoms with Crippen LogP contribution < -0.4 is 16.4 Å². The third-order valence-electron chi connectivity index (χ3n) is 3.48. The molecule has 0 aliphatic heterocycles. The average Bonchev–Trinajstić information content (AvgIpc) is 2.81. The molecule has 0 unspecified atom stereocenters. The minimum absolute atomic E-state index is 0. The molecule has 1 fully saturated rings. The topological polar surface area (TPSA) is 84.2 Å². The van der Waals surface area contributed by atoms with Gasteiger partial charge in [-0.3, -0.25) is 9.59 Å². The van der Waals surface area contributed by atoms with Gasteiger partial charge in [0.1, 0.15) is 5.82 Å². The highest BCUT2D eigenvalue weighted by Crippen LogP contribution is 2.29. The van der Waals surface area contributed by atoms with E-state index in [4.69, 9.17) is 5.73 Å². The van der Waals surface area contributed by atoms with Gasteiger partial charge in [0.2, 0.25) is 11.8 Å². The van der Waals surface area contributed by atoms with Crippen molar-refractivity contribution in [1.29, 1.82) is 0 Å². The van der Waals surface area contributed by atoms with Crippen molar-refractivity contribution in [2.45, 2.75) is 38.1 Å². The average molecular weight is 316 g/mol. The van der Waals surface area contributed by atoms with Crippen LogP contribution in [0.2, 0.25) is 0 Å². The maximum absolute atomic E-state index is 13.5. The molecule has 5 nitrogen and oxygen atoms in total. The first kappa shape index (κ1) is 17.4. The second kappa shape index (κ2) is 6.87. The van der Waals surface area contributed by atoms with Crippen molar-refractivity contribution in [1.82, 2.24) is 0 Å². The molecule has 2 rings (SSSR count). The first-order chi connectivity index (χ1) is 9.40. The van der Waals surface area contributed by atoms with E-state index in [9.17, 15) is 14.0 Å². The summed E-state index contributed by atoms with van der Waals surface area (Å²) in [6, 6.07) is 4.02. The number of anilines is 2. The molecule has 0 aromatic heterocycles. The Kier molecular flexibility index (Phi) is 5.69. The van der Waals surface area contributed by atoms with Gasteiger partial charge in [-0.25, -0.2) is 4.39 Å². The summed E-state index contributed by atoms with van der Waals surface area (Å²) in [6.07, 6.45) is 3.17. The number of benzene rings is 1. The van der Waals surface area contributed by atoms with Crippen LogP contribution in [0.4, 0.5) is 15.8 Å². The number of carbonyl (C=O) groups is 2. The summed E-state index contributed by atoms with van der Waals surface area (Å²) in [4.78, 5) is 23.1. The Morgan fingerprint density at radius 3 is 2.43 bits per heavy atom. The molecule has 0 atom stereocenters. The van der Waals surface area contributed by atoms with E-state index in [1.54, 1.807) is 0 Å². The lowest BCUT2D eigenvalue weighted by molar-refractivity contribution is -0.121. The standard InChI is InChI=1S/C14H18FN3O2.ClH/c1-9(19)17-12-8-10(4-5-11(12)15)18-13(20)14(16)6-2-3-7-14;/h4-5,8H,2-3,6-7,16H2,1H3,(H,17,19)(H,18,20);1H. The third-order valence-corrected chi connectivity index (χ3v) is 3.48. The molecule has 7 heteroatoms. The number of halogens is 2. The van der Waals surface area contributed by atoms with Crippen molar-refractivity contribution >= 4 is 35.6 Å². The molecule has 1 aromatic carbocycles. The van der Waals surface area contributed by atoms with Crippen LogP contribution in [0.1, 0.15) is 32.6 Å².